The molecule has 0 aromatic carbocycles. The number of hydrogen-bond donors (Lipinski definition) is 0. The van der Waals surface area contributed by atoms with E-state index in [1.54, 1.807) is 0 Å². The van der Waals surface area contributed by atoms with Crippen LogP contribution in [0.1, 0.15) is 0 Å². The van der Waals surface area contributed by atoms with Crippen LogP contribution < -0.4 is 4.43 Å². The number of nitrogens with zero attached hydrogens (tertiary/aromatic N) is 3. The highest BCUT2D eigenvalue weighted by atomic mass is 16.5. The van der Waals surface area contributed by atoms with Gasteiger partial charge in [0, 0.05) is 4.91 Å². The second kappa shape index (κ2) is 2.74. The van der Waals surface area contributed by atoms with Gasteiger partial charge in [-0.15, -0.1) is 0 Å². The summed E-state index contributed by atoms with van der Waals surface area (Å²) < 4.78 is 5.66. The van der Waals surface area contributed by atoms with E-state index in [-0.39, 0.29) is 5.69 Å². The fourth-order valence-corrected chi connectivity index (χ4v) is 0.960. The standard InChI is InChI=1S/C7H5N3O3/c11-9-1-2-10(12)7(4-9)6-3-8-13-5-6/h1-5H. The highest BCUT2D eigenvalue weighted by molar-refractivity contribution is 5.54. The van der Waals surface area contributed by atoms with E-state index in [0.29, 0.717) is 14.7 Å². The van der Waals surface area contributed by atoms with Crippen molar-refractivity contribution in [3.05, 3.63) is 41.2 Å². The maximum Gasteiger partial charge on any atom is 0.251 e. The van der Waals surface area contributed by atoms with Crippen LogP contribution >= 0.6 is 0 Å². The number of hydrogen-bond acceptors (Lipinski definition) is 4. The highest BCUT2D eigenvalue weighted by Crippen LogP contribution is 2.14. The van der Waals surface area contributed by atoms with Gasteiger partial charge in [0.2, 0.25) is 6.20 Å². The van der Waals surface area contributed by atoms with Crippen molar-refractivity contribution in [1.29, 1.82) is 0 Å². The lowest BCUT2D eigenvalue weighted by Crippen LogP contribution is -2.14. The predicted octanol–water partition coefficient (Wildman–Crippen LogP) is 0.404. The van der Waals surface area contributed by atoms with Crippen molar-refractivity contribution in [2.75, 3.05) is 0 Å². The summed E-state index contributed by atoms with van der Waals surface area (Å²) in [6.45, 7) is 0. The quantitative estimate of drug-likeness (QED) is 0.594. The van der Waals surface area contributed by atoms with Crippen molar-refractivity contribution >= 4 is 0 Å². The average molecular weight is 179 g/mol. The minimum Gasteiger partial charge on any atom is -0.805 e. The lowest BCUT2D eigenvalue weighted by atomic mass is 10.3. The van der Waals surface area contributed by atoms with Crippen LogP contribution in [-0.4, -0.2) is 9.89 Å². The molecule has 0 atom stereocenters. The third-order valence-corrected chi connectivity index (χ3v) is 1.56. The molecule has 0 amide bonds. The second-order valence-electron chi connectivity index (χ2n) is 2.41. The first-order valence-electron chi connectivity index (χ1n) is 3.49. The molecule has 0 fully saturated rings. The maximum absolute atomic E-state index is 11.2. The van der Waals surface area contributed by atoms with Gasteiger partial charge in [0.25, 0.3) is 6.20 Å². The Balaban J connectivity index is 2.64. The summed E-state index contributed by atoms with van der Waals surface area (Å²) >= 11 is 0. The Morgan fingerprint density at radius 1 is 1.62 bits per heavy atom. The van der Waals surface area contributed by atoms with Gasteiger partial charge in [-0.2, -0.15) is 0 Å². The monoisotopic (exact) mass is 179 g/mol. The Labute approximate surface area is 72.2 Å². The van der Waals surface area contributed by atoms with E-state index in [4.69, 9.17) is 0 Å². The molecule has 0 N–H and O–H groups in total. The molecule has 0 radical (unpaired) electrons. The molecule has 0 spiro atoms. The molecule has 0 saturated heterocycles. The van der Waals surface area contributed by atoms with Gasteiger partial charge in [0.1, 0.15) is 12.0 Å². The zero-order chi connectivity index (χ0) is 9.26. The van der Waals surface area contributed by atoms with Crippen LogP contribution in [0.25, 0.3) is 11.3 Å². The summed E-state index contributed by atoms with van der Waals surface area (Å²) in [5.74, 6) is 0. The van der Waals surface area contributed by atoms with Crippen molar-refractivity contribution in [1.82, 2.24) is 9.89 Å². The van der Waals surface area contributed by atoms with Crippen LogP contribution in [0.3, 0.4) is 0 Å². The molecule has 0 aliphatic heterocycles. The molecule has 0 saturated carbocycles. The first kappa shape index (κ1) is 7.53. The summed E-state index contributed by atoms with van der Waals surface area (Å²) in [4.78, 5) is 10.9. The molecule has 0 aliphatic rings. The predicted molar refractivity (Wildman–Crippen MR) is 42.1 cm³/mol. The minimum absolute atomic E-state index is 0.207. The van der Waals surface area contributed by atoms with Gasteiger partial charge in [-0.25, -0.2) is 0 Å². The van der Waals surface area contributed by atoms with Gasteiger partial charge >= 0.3 is 0 Å². The molecule has 6 nitrogen and oxygen atoms in total. The normalized spacial score (nSPS) is 10.2. The van der Waals surface area contributed by atoms with Crippen LogP contribution in [0.15, 0.2) is 35.6 Å². The third-order valence-electron chi connectivity index (χ3n) is 1.56. The first-order valence-corrected chi connectivity index (χ1v) is 3.49. The van der Waals surface area contributed by atoms with E-state index in [1.165, 1.54) is 12.5 Å². The Hall–Kier alpha value is -2.11. The lowest BCUT2D eigenvalue weighted by molar-refractivity contribution is -0.494. The SMILES string of the molecule is O=[n+]1ccn([O-])c(-c2cnoc2)c1. The third kappa shape index (κ3) is 1.28. The summed E-state index contributed by atoms with van der Waals surface area (Å²) in [6.07, 6.45) is 6.05. The van der Waals surface area contributed by atoms with Crippen LogP contribution in [0.5, 0.6) is 0 Å². The Morgan fingerprint density at radius 2 is 2.46 bits per heavy atom. The van der Waals surface area contributed by atoms with E-state index >= 15 is 0 Å². The molecule has 0 aliphatic carbocycles. The van der Waals surface area contributed by atoms with E-state index in [0.717, 1.165) is 18.6 Å². The maximum atomic E-state index is 11.2. The van der Waals surface area contributed by atoms with Crippen molar-refractivity contribution in [3.8, 4) is 11.3 Å². The van der Waals surface area contributed by atoms with Crippen LogP contribution in [0.2, 0.25) is 0 Å². The Bertz CT molecular complexity index is 460. The van der Waals surface area contributed by atoms with Gasteiger partial charge in [0.05, 0.1) is 22.4 Å². The molecule has 66 valence electrons. The van der Waals surface area contributed by atoms with Crippen LogP contribution in [0, 0.1) is 10.1 Å². The van der Waals surface area contributed by atoms with E-state index in [9.17, 15) is 10.1 Å². The number of rotatable bonds is 1. The van der Waals surface area contributed by atoms with Crippen molar-refractivity contribution < 1.29 is 8.95 Å². The molecule has 2 aromatic heterocycles. The highest BCUT2D eigenvalue weighted by Gasteiger charge is 2.06. The zero-order valence-electron chi connectivity index (χ0n) is 6.45. The lowest BCUT2D eigenvalue weighted by Gasteiger charge is -2.10. The zero-order valence-corrected chi connectivity index (χ0v) is 6.45. The van der Waals surface area contributed by atoms with Crippen molar-refractivity contribution in [2.45, 2.75) is 0 Å². The largest absolute Gasteiger partial charge is 0.805 e. The van der Waals surface area contributed by atoms with Crippen LogP contribution in [-0.2, 0) is 0 Å². The molecule has 6 heteroatoms. The summed E-state index contributed by atoms with van der Waals surface area (Å²) in [7, 11) is 0. The molecule has 13 heavy (non-hydrogen) atoms. The van der Waals surface area contributed by atoms with E-state index < -0.39 is 0 Å². The fraction of sp³-hybridized carbons (Fsp3) is 0. The fourth-order valence-electron chi connectivity index (χ4n) is 0.960. The smallest absolute Gasteiger partial charge is 0.251 e. The summed E-state index contributed by atoms with van der Waals surface area (Å²) in [5, 5.41) is 14.6. The van der Waals surface area contributed by atoms with Crippen molar-refractivity contribution in [3.63, 3.8) is 0 Å². The van der Waals surface area contributed by atoms with E-state index in [2.05, 4.69) is 9.68 Å². The molecule has 2 heterocycles. The Kier molecular flexibility index (Phi) is 1.59. The van der Waals surface area contributed by atoms with Gasteiger partial charge in [-0.1, -0.05) is 5.16 Å². The molecule has 2 rings (SSSR count). The first-order chi connectivity index (χ1) is 6.27. The summed E-state index contributed by atoms with van der Waals surface area (Å²) in [5.41, 5.74) is 0.680. The van der Waals surface area contributed by atoms with Crippen molar-refractivity contribution in [2.24, 2.45) is 0 Å². The Morgan fingerprint density at radius 3 is 3.15 bits per heavy atom. The van der Waals surface area contributed by atoms with Crippen LogP contribution in [0.4, 0.5) is 0 Å². The van der Waals surface area contributed by atoms with Gasteiger partial charge in [0.15, 0.2) is 0 Å². The number of aromatic nitrogens is 3. The van der Waals surface area contributed by atoms with Gasteiger partial charge in [-0.3, -0.25) is 0 Å². The molecule has 0 unspecified atom stereocenters. The second-order valence-corrected chi connectivity index (χ2v) is 2.41. The van der Waals surface area contributed by atoms with E-state index in [1.807, 2.05) is 0 Å². The topological polar surface area (TPSA) is 77.0 Å². The minimum atomic E-state index is 0.207. The molecular formula is C7H5N3O3. The molecule has 0 bridgehead atoms. The summed E-state index contributed by atoms with van der Waals surface area (Å²) in [6, 6.07) is 0. The average Bonchev–Trinajstić information content (AvgIpc) is 2.61. The van der Waals surface area contributed by atoms with Gasteiger partial charge in [-0.05, 0) is 0 Å². The molecule has 2 aromatic rings. The molecular weight excluding hydrogens is 174 g/mol. The van der Waals surface area contributed by atoms with Gasteiger partial charge < -0.3 is 14.5 Å².